The van der Waals surface area contributed by atoms with Gasteiger partial charge in [-0.25, -0.2) is 18.5 Å². The molecule has 1 heterocycles. The lowest BCUT2D eigenvalue weighted by atomic mass is 10.2. The number of nitrogens with zero attached hydrogens (tertiary/aromatic N) is 2. The summed E-state index contributed by atoms with van der Waals surface area (Å²) in [5.74, 6) is 0.890. The monoisotopic (exact) mass is 509 g/mol. The molecular formula is C17H28IN5O3S. The minimum atomic E-state index is -3.72. The SMILES string of the molecule is CCNC(=NCc1cccc(S(N)(=O)=O)c1)NCCCN1CCCC1=O.I. The Morgan fingerprint density at radius 1 is 1.33 bits per heavy atom. The number of nitrogens with two attached hydrogens (primary N) is 1. The fourth-order valence-corrected chi connectivity index (χ4v) is 3.33. The standard InChI is InChI=1S/C17H27N5O3S.HI/c1-2-19-17(20-9-5-11-22-10-4-8-16(22)23)21-13-14-6-3-7-15(12-14)26(18,24)25;/h3,6-7,12H,2,4-5,8-11,13H2,1H3,(H2,18,24,25)(H2,19,20,21);1H. The maximum Gasteiger partial charge on any atom is 0.238 e. The first-order chi connectivity index (χ1) is 12.4. The van der Waals surface area contributed by atoms with Crippen molar-refractivity contribution in [1.29, 1.82) is 0 Å². The van der Waals surface area contributed by atoms with Crippen molar-refractivity contribution in [2.45, 2.75) is 37.6 Å². The van der Waals surface area contributed by atoms with Gasteiger partial charge in [0.05, 0.1) is 11.4 Å². The third-order valence-corrected chi connectivity index (χ3v) is 4.97. The first-order valence-electron chi connectivity index (χ1n) is 8.82. The van der Waals surface area contributed by atoms with Crippen LogP contribution in [0, 0.1) is 0 Å². The molecule has 1 aromatic rings. The van der Waals surface area contributed by atoms with Crippen molar-refractivity contribution >= 4 is 45.9 Å². The van der Waals surface area contributed by atoms with Crippen molar-refractivity contribution in [1.82, 2.24) is 15.5 Å². The molecule has 1 aliphatic rings. The van der Waals surface area contributed by atoms with Gasteiger partial charge in [0.15, 0.2) is 5.96 Å². The molecule has 1 aliphatic heterocycles. The van der Waals surface area contributed by atoms with Crippen molar-refractivity contribution in [3.05, 3.63) is 29.8 Å². The first-order valence-corrected chi connectivity index (χ1v) is 10.4. The van der Waals surface area contributed by atoms with Crippen LogP contribution in [0.15, 0.2) is 34.2 Å². The van der Waals surface area contributed by atoms with Gasteiger partial charge in [-0.3, -0.25) is 4.79 Å². The van der Waals surface area contributed by atoms with Crippen LogP contribution < -0.4 is 15.8 Å². The van der Waals surface area contributed by atoms with Crippen LogP contribution in [0.5, 0.6) is 0 Å². The summed E-state index contributed by atoms with van der Waals surface area (Å²) in [6, 6.07) is 6.45. The lowest BCUT2D eigenvalue weighted by Gasteiger charge is -2.16. The van der Waals surface area contributed by atoms with E-state index in [9.17, 15) is 13.2 Å². The average Bonchev–Trinajstić information content (AvgIpc) is 3.01. The van der Waals surface area contributed by atoms with E-state index in [1.165, 1.54) is 12.1 Å². The number of carbonyl (C=O) groups is 1. The van der Waals surface area contributed by atoms with Crippen LogP contribution in [0.3, 0.4) is 0 Å². The maximum atomic E-state index is 11.6. The topological polar surface area (TPSA) is 117 Å². The molecule has 0 saturated carbocycles. The van der Waals surface area contributed by atoms with Gasteiger partial charge < -0.3 is 15.5 Å². The zero-order valence-electron chi connectivity index (χ0n) is 15.5. The van der Waals surface area contributed by atoms with Crippen LogP contribution in [0.2, 0.25) is 0 Å². The lowest BCUT2D eigenvalue weighted by Crippen LogP contribution is -2.39. The molecule has 8 nitrogen and oxygen atoms in total. The average molecular weight is 509 g/mol. The molecule has 27 heavy (non-hydrogen) atoms. The Hall–Kier alpha value is -1.40. The van der Waals surface area contributed by atoms with Crippen LogP contribution in [0.25, 0.3) is 0 Å². The zero-order chi connectivity index (χ0) is 19.0. The number of nitrogens with one attached hydrogen (secondary N) is 2. The van der Waals surface area contributed by atoms with Crippen molar-refractivity contribution < 1.29 is 13.2 Å². The Kier molecular flexibility index (Phi) is 10.0. The van der Waals surface area contributed by atoms with E-state index >= 15 is 0 Å². The van der Waals surface area contributed by atoms with Gasteiger partial charge in [-0.15, -0.1) is 24.0 Å². The summed E-state index contributed by atoms with van der Waals surface area (Å²) in [5.41, 5.74) is 0.761. The number of benzene rings is 1. The van der Waals surface area contributed by atoms with E-state index in [1.807, 2.05) is 11.8 Å². The molecule has 152 valence electrons. The molecule has 0 spiro atoms. The molecule has 0 bridgehead atoms. The molecule has 0 unspecified atom stereocenters. The van der Waals surface area contributed by atoms with Gasteiger partial charge in [0, 0.05) is 32.6 Å². The molecule has 0 aromatic heterocycles. The van der Waals surface area contributed by atoms with E-state index in [0.29, 0.717) is 32.0 Å². The number of sulfonamides is 1. The largest absolute Gasteiger partial charge is 0.357 e. The smallest absolute Gasteiger partial charge is 0.238 e. The highest BCUT2D eigenvalue weighted by molar-refractivity contribution is 14.0. The number of likely N-dealkylation sites (tertiary alicyclic amines) is 1. The molecule has 4 N–H and O–H groups in total. The van der Waals surface area contributed by atoms with Gasteiger partial charge >= 0.3 is 0 Å². The van der Waals surface area contributed by atoms with E-state index in [1.54, 1.807) is 12.1 Å². The van der Waals surface area contributed by atoms with Crippen molar-refractivity contribution in [3.8, 4) is 0 Å². The molecule has 1 saturated heterocycles. The summed E-state index contributed by atoms with van der Waals surface area (Å²) in [4.78, 5) is 18.0. The molecule has 1 amide bonds. The molecule has 1 fully saturated rings. The fourth-order valence-electron chi connectivity index (χ4n) is 2.75. The van der Waals surface area contributed by atoms with E-state index in [2.05, 4.69) is 15.6 Å². The Morgan fingerprint density at radius 2 is 2.11 bits per heavy atom. The molecule has 10 heteroatoms. The third kappa shape index (κ3) is 8.01. The van der Waals surface area contributed by atoms with Gasteiger partial charge in [-0.05, 0) is 37.5 Å². The van der Waals surface area contributed by atoms with E-state index < -0.39 is 10.0 Å². The summed E-state index contributed by atoms with van der Waals surface area (Å²) >= 11 is 0. The van der Waals surface area contributed by atoms with Crippen LogP contribution in [0.4, 0.5) is 0 Å². The summed E-state index contributed by atoms with van der Waals surface area (Å²) < 4.78 is 22.8. The predicted octanol–water partition coefficient (Wildman–Crippen LogP) is 1.02. The Morgan fingerprint density at radius 3 is 2.74 bits per heavy atom. The second-order valence-corrected chi connectivity index (χ2v) is 7.71. The highest BCUT2D eigenvalue weighted by Crippen LogP contribution is 2.11. The number of amides is 1. The molecule has 2 rings (SSSR count). The number of hydrogen-bond acceptors (Lipinski definition) is 4. The first kappa shape index (κ1) is 23.6. The van der Waals surface area contributed by atoms with Gasteiger partial charge in [0.25, 0.3) is 0 Å². The number of rotatable bonds is 8. The Balaban J connectivity index is 0.00000364. The maximum absolute atomic E-state index is 11.6. The van der Waals surface area contributed by atoms with Crippen molar-refractivity contribution in [2.24, 2.45) is 10.1 Å². The summed E-state index contributed by atoms with van der Waals surface area (Å²) in [5, 5.41) is 11.5. The molecule has 0 radical (unpaired) electrons. The van der Waals surface area contributed by atoms with E-state index in [4.69, 9.17) is 5.14 Å². The molecule has 0 aliphatic carbocycles. The van der Waals surface area contributed by atoms with E-state index in [0.717, 1.165) is 31.5 Å². The summed E-state index contributed by atoms with van der Waals surface area (Å²) in [6.07, 6.45) is 2.46. The predicted molar refractivity (Wildman–Crippen MR) is 116 cm³/mol. The van der Waals surface area contributed by atoms with Gasteiger partial charge in [0.2, 0.25) is 15.9 Å². The number of hydrogen-bond donors (Lipinski definition) is 3. The highest BCUT2D eigenvalue weighted by atomic mass is 127. The van der Waals surface area contributed by atoms with Gasteiger partial charge in [-0.1, -0.05) is 12.1 Å². The normalized spacial score (nSPS) is 14.8. The number of carbonyl (C=O) groups excluding carboxylic acids is 1. The Labute approximate surface area is 178 Å². The number of halogens is 1. The van der Waals surface area contributed by atoms with Gasteiger partial charge in [-0.2, -0.15) is 0 Å². The van der Waals surface area contributed by atoms with E-state index in [-0.39, 0.29) is 34.8 Å². The van der Waals surface area contributed by atoms with Crippen LogP contribution >= 0.6 is 24.0 Å². The van der Waals surface area contributed by atoms with Crippen LogP contribution in [0.1, 0.15) is 31.7 Å². The van der Waals surface area contributed by atoms with Gasteiger partial charge in [0.1, 0.15) is 0 Å². The molecule has 0 atom stereocenters. The minimum Gasteiger partial charge on any atom is -0.357 e. The second kappa shape index (κ2) is 11.4. The molecule has 1 aromatic carbocycles. The number of guanidine groups is 1. The molecular weight excluding hydrogens is 481 g/mol. The van der Waals surface area contributed by atoms with Crippen LogP contribution in [-0.2, 0) is 21.4 Å². The third-order valence-electron chi connectivity index (χ3n) is 4.06. The highest BCUT2D eigenvalue weighted by Gasteiger charge is 2.18. The lowest BCUT2D eigenvalue weighted by molar-refractivity contribution is -0.127. The zero-order valence-corrected chi connectivity index (χ0v) is 18.6. The summed E-state index contributed by atoms with van der Waals surface area (Å²) in [6.45, 7) is 5.33. The quantitative estimate of drug-likeness (QED) is 0.210. The number of aliphatic imine (C=N–C) groups is 1. The van der Waals surface area contributed by atoms with Crippen molar-refractivity contribution in [3.63, 3.8) is 0 Å². The fraction of sp³-hybridized carbons (Fsp3) is 0.529. The number of primary sulfonamides is 1. The Bertz CT molecular complexity index is 755. The summed E-state index contributed by atoms with van der Waals surface area (Å²) in [7, 11) is -3.72. The minimum absolute atomic E-state index is 0. The van der Waals surface area contributed by atoms with Crippen molar-refractivity contribution in [2.75, 3.05) is 26.2 Å². The van der Waals surface area contributed by atoms with Crippen LogP contribution in [-0.4, -0.2) is 51.4 Å². The second-order valence-electron chi connectivity index (χ2n) is 6.15.